The highest BCUT2D eigenvalue weighted by Gasteiger charge is 2.17. The van der Waals surface area contributed by atoms with E-state index in [2.05, 4.69) is 15.9 Å². The first-order valence-corrected chi connectivity index (χ1v) is 7.85. The molecule has 3 nitrogen and oxygen atoms in total. The Morgan fingerprint density at radius 2 is 1.89 bits per heavy atom. The first-order valence-electron chi connectivity index (χ1n) is 5.41. The number of anilines is 1. The molecule has 0 atom stereocenters. The fourth-order valence-electron chi connectivity index (χ4n) is 1.63. The van der Waals surface area contributed by atoms with E-state index in [1.165, 1.54) is 30.3 Å². The van der Waals surface area contributed by atoms with Crippen molar-refractivity contribution in [1.29, 1.82) is 0 Å². The van der Waals surface area contributed by atoms with Crippen LogP contribution in [0.2, 0.25) is 0 Å². The first kappa shape index (κ1) is 14.0. The van der Waals surface area contributed by atoms with Crippen molar-refractivity contribution in [2.75, 3.05) is 5.73 Å². The van der Waals surface area contributed by atoms with E-state index in [0.717, 1.165) is 0 Å². The van der Waals surface area contributed by atoms with Crippen molar-refractivity contribution in [3.63, 3.8) is 0 Å². The smallest absolute Gasteiger partial charge is 0.182 e. The van der Waals surface area contributed by atoms with Crippen LogP contribution in [0, 0.1) is 5.82 Å². The van der Waals surface area contributed by atoms with Gasteiger partial charge in [0, 0.05) is 10.2 Å². The third-order valence-electron chi connectivity index (χ3n) is 2.58. The Bertz CT molecular complexity index is 716. The largest absolute Gasteiger partial charge is 0.399 e. The van der Waals surface area contributed by atoms with Crippen molar-refractivity contribution >= 4 is 31.5 Å². The Morgan fingerprint density at radius 3 is 2.53 bits per heavy atom. The Kier molecular flexibility index (Phi) is 3.91. The van der Waals surface area contributed by atoms with Gasteiger partial charge in [-0.25, -0.2) is 12.8 Å². The van der Waals surface area contributed by atoms with Crippen LogP contribution < -0.4 is 5.73 Å². The molecular formula is C13H11BrFNO2S. The van der Waals surface area contributed by atoms with Gasteiger partial charge >= 0.3 is 0 Å². The van der Waals surface area contributed by atoms with Gasteiger partial charge in [-0.05, 0) is 35.9 Å². The summed E-state index contributed by atoms with van der Waals surface area (Å²) in [5.74, 6) is -0.630. The zero-order valence-corrected chi connectivity index (χ0v) is 12.2. The summed E-state index contributed by atoms with van der Waals surface area (Å²) in [4.78, 5) is 0.156. The second-order valence-corrected chi connectivity index (χ2v) is 6.91. The molecule has 0 spiro atoms. The Labute approximate surface area is 119 Å². The molecule has 0 heterocycles. The van der Waals surface area contributed by atoms with Crippen LogP contribution in [0.15, 0.2) is 51.8 Å². The predicted molar refractivity (Wildman–Crippen MR) is 75.8 cm³/mol. The van der Waals surface area contributed by atoms with Gasteiger partial charge in [0.15, 0.2) is 9.84 Å². The molecule has 0 saturated carbocycles. The molecule has 0 unspecified atom stereocenters. The molecule has 19 heavy (non-hydrogen) atoms. The molecule has 2 aromatic carbocycles. The van der Waals surface area contributed by atoms with Gasteiger partial charge in [0.1, 0.15) is 5.82 Å². The van der Waals surface area contributed by atoms with E-state index in [0.29, 0.717) is 15.7 Å². The van der Waals surface area contributed by atoms with Crippen molar-refractivity contribution in [3.8, 4) is 0 Å². The summed E-state index contributed by atoms with van der Waals surface area (Å²) in [5.41, 5.74) is 6.47. The van der Waals surface area contributed by atoms with E-state index in [9.17, 15) is 12.8 Å². The number of nitrogens with two attached hydrogens (primary N) is 1. The van der Waals surface area contributed by atoms with Crippen LogP contribution in [0.4, 0.5) is 10.1 Å². The van der Waals surface area contributed by atoms with Crippen LogP contribution in [0.3, 0.4) is 0 Å². The van der Waals surface area contributed by atoms with E-state index in [1.54, 1.807) is 12.1 Å². The molecule has 0 aliphatic carbocycles. The van der Waals surface area contributed by atoms with Gasteiger partial charge < -0.3 is 5.73 Å². The zero-order chi connectivity index (χ0) is 14.0. The fourth-order valence-corrected chi connectivity index (χ4v) is 3.74. The van der Waals surface area contributed by atoms with E-state index in [1.807, 2.05) is 0 Å². The van der Waals surface area contributed by atoms with Gasteiger partial charge in [0.05, 0.1) is 10.6 Å². The van der Waals surface area contributed by atoms with E-state index in [-0.39, 0.29) is 10.6 Å². The number of hydrogen-bond donors (Lipinski definition) is 1. The van der Waals surface area contributed by atoms with Gasteiger partial charge in [-0.15, -0.1) is 0 Å². The molecule has 0 aliphatic heterocycles. The molecular weight excluding hydrogens is 333 g/mol. The third kappa shape index (κ3) is 3.33. The summed E-state index contributed by atoms with van der Waals surface area (Å²) in [6.07, 6.45) is 0. The number of benzene rings is 2. The highest BCUT2D eigenvalue weighted by Crippen LogP contribution is 2.24. The summed E-state index contributed by atoms with van der Waals surface area (Å²) in [6, 6.07) is 10.0. The van der Waals surface area contributed by atoms with Crippen molar-refractivity contribution in [2.45, 2.75) is 10.6 Å². The summed E-state index contributed by atoms with van der Waals surface area (Å²) in [5, 5.41) is 0. The third-order valence-corrected chi connectivity index (χ3v) is 4.98. The quantitative estimate of drug-likeness (QED) is 0.871. The number of hydrogen-bond acceptors (Lipinski definition) is 3. The Balaban J connectivity index is 2.36. The number of rotatable bonds is 3. The normalized spacial score (nSPS) is 11.5. The first-order chi connectivity index (χ1) is 8.88. The fraction of sp³-hybridized carbons (Fsp3) is 0.0769. The highest BCUT2D eigenvalue weighted by molar-refractivity contribution is 9.10. The number of nitrogen functional groups attached to an aromatic ring is 1. The molecule has 0 fully saturated rings. The standard InChI is InChI=1S/C13H11BrFNO2S/c14-13-6-10(15)5-4-9(13)8-19(17,18)12-3-1-2-11(16)7-12/h1-7H,8,16H2. The SMILES string of the molecule is Nc1cccc(S(=O)(=O)Cc2ccc(F)cc2Br)c1. The van der Waals surface area contributed by atoms with Gasteiger partial charge in [-0.1, -0.05) is 28.1 Å². The predicted octanol–water partition coefficient (Wildman–Crippen LogP) is 3.14. The van der Waals surface area contributed by atoms with Gasteiger partial charge in [0.2, 0.25) is 0 Å². The molecule has 0 aromatic heterocycles. The Morgan fingerprint density at radius 1 is 1.16 bits per heavy atom. The summed E-state index contributed by atoms with van der Waals surface area (Å²) in [6.45, 7) is 0. The molecule has 2 rings (SSSR count). The van der Waals surface area contributed by atoms with Crippen molar-refractivity contribution in [1.82, 2.24) is 0 Å². The molecule has 100 valence electrons. The number of halogens is 2. The van der Waals surface area contributed by atoms with Crippen LogP contribution in [-0.4, -0.2) is 8.42 Å². The summed E-state index contributed by atoms with van der Waals surface area (Å²) >= 11 is 3.16. The van der Waals surface area contributed by atoms with Crippen LogP contribution in [-0.2, 0) is 15.6 Å². The van der Waals surface area contributed by atoms with Crippen LogP contribution in [0.25, 0.3) is 0 Å². The van der Waals surface area contributed by atoms with E-state index < -0.39 is 15.7 Å². The minimum Gasteiger partial charge on any atom is -0.399 e. The molecule has 0 amide bonds. The van der Waals surface area contributed by atoms with E-state index >= 15 is 0 Å². The second-order valence-electron chi connectivity index (χ2n) is 4.07. The highest BCUT2D eigenvalue weighted by atomic mass is 79.9. The number of sulfone groups is 1. The molecule has 0 saturated heterocycles. The molecule has 0 aliphatic rings. The monoisotopic (exact) mass is 343 g/mol. The topological polar surface area (TPSA) is 60.2 Å². The molecule has 0 bridgehead atoms. The van der Waals surface area contributed by atoms with Gasteiger partial charge in [0.25, 0.3) is 0 Å². The maximum Gasteiger partial charge on any atom is 0.182 e. The minimum atomic E-state index is -3.50. The van der Waals surface area contributed by atoms with Crippen molar-refractivity contribution in [2.24, 2.45) is 0 Å². The van der Waals surface area contributed by atoms with Gasteiger partial charge in [-0.3, -0.25) is 0 Å². The molecule has 2 N–H and O–H groups in total. The van der Waals surface area contributed by atoms with Crippen molar-refractivity contribution < 1.29 is 12.8 Å². The second kappa shape index (κ2) is 5.30. The van der Waals surface area contributed by atoms with Crippen LogP contribution in [0.1, 0.15) is 5.56 Å². The maximum atomic E-state index is 13.0. The summed E-state index contributed by atoms with van der Waals surface area (Å²) < 4.78 is 37.8. The van der Waals surface area contributed by atoms with Crippen LogP contribution in [0.5, 0.6) is 0 Å². The molecule has 0 radical (unpaired) electrons. The average Bonchev–Trinajstić information content (AvgIpc) is 2.33. The molecule has 2 aromatic rings. The van der Waals surface area contributed by atoms with Crippen LogP contribution >= 0.6 is 15.9 Å². The maximum absolute atomic E-state index is 13.0. The molecule has 6 heteroatoms. The minimum absolute atomic E-state index is 0.156. The zero-order valence-electron chi connectivity index (χ0n) is 9.81. The summed E-state index contributed by atoms with van der Waals surface area (Å²) in [7, 11) is -3.50. The lowest BCUT2D eigenvalue weighted by molar-refractivity contribution is 0.594. The van der Waals surface area contributed by atoms with E-state index in [4.69, 9.17) is 5.73 Å². The lowest BCUT2D eigenvalue weighted by Crippen LogP contribution is -2.06. The lowest BCUT2D eigenvalue weighted by atomic mass is 10.2. The average molecular weight is 344 g/mol. The lowest BCUT2D eigenvalue weighted by Gasteiger charge is -2.07. The van der Waals surface area contributed by atoms with Crippen molar-refractivity contribution in [3.05, 3.63) is 58.3 Å². The Hall–Kier alpha value is -1.40. The van der Waals surface area contributed by atoms with Gasteiger partial charge in [-0.2, -0.15) is 0 Å².